The lowest BCUT2D eigenvalue weighted by molar-refractivity contribution is -0.122. The Kier molecular flexibility index (Phi) is 41.3. The first kappa shape index (κ1) is 48.4. The summed E-state index contributed by atoms with van der Waals surface area (Å²) in [5.41, 5.74) is 0. The Bertz CT molecular complexity index is 626. The molecule has 4 heteroatoms. The van der Waals surface area contributed by atoms with Gasteiger partial charge in [-0.1, -0.05) is 232 Å². The lowest BCUT2D eigenvalue weighted by atomic mass is 10.0. The van der Waals surface area contributed by atoms with Crippen LogP contribution in [0.3, 0.4) is 0 Å². The third-order valence-electron chi connectivity index (χ3n) is 10.7. The number of ether oxygens (including phenoxy) is 1. The molecule has 0 aromatic rings. The summed E-state index contributed by atoms with van der Waals surface area (Å²) in [5.74, 6) is 0.114. The summed E-state index contributed by atoms with van der Waals surface area (Å²) in [5, 5.41) is 13.7. The number of amides is 1. The lowest BCUT2D eigenvalue weighted by Gasteiger charge is -2.21. The molecule has 1 amide bonds. The van der Waals surface area contributed by atoms with E-state index < -0.39 is 0 Å². The Balaban J connectivity index is 3.51. The molecule has 4 nitrogen and oxygen atoms in total. The van der Waals surface area contributed by atoms with Crippen molar-refractivity contribution < 1.29 is 14.6 Å². The van der Waals surface area contributed by atoms with Crippen LogP contribution in [0.25, 0.3) is 0 Å². The summed E-state index contributed by atoms with van der Waals surface area (Å²) in [7, 11) is 1.68. The highest BCUT2D eigenvalue weighted by molar-refractivity contribution is 5.76. The van der Waals surface area contributed by atoms with Crippen LogP contribution in [0.5, 0.6) is 0 Å². The maximum Gasteiger partial charge on any atom is 0.220 e. The number of nitrogens with one attached hydrogen (secondary N) is 1. The molecule has 0 aliphatic heterocycles. The van der Waals surface area contributed by atoms with Crippen LogP contribution in [0.1, 0.15) is 258 Å². The molecule has 2 N–H and O–H groups in total. The molecule has 0 saturated heterocycles. The van der Waals surface area contributed by atoms with E-state index in [0.29, 0.717) is 19.4 Å². The zero-order chi connectivity index (χ0) is 35.7. The minimum absolute atomic E-state index is 0.0886. The van der Waals surface area contributed by atoms with Gasteiger partial charge in [0.2, 0.25) is 5.91 Å². The smallest absolute Gasteiger partial charge is 0.220 e. The molecule has 2 atom stereocenters. The molecule has 0 saturated carbocycles. The van der Waals surface area contributed by atoms with Gasteiger partial charge in [-0.25, -0.2) is 0 Å². The summed E-state index contributed by atoms with van der Waals surface area (Å²) in [6.45, 7) is 5.05. The van der Waals surface area contributed by atoms with E-state index in [-0.39, 0.29) is 18.1 Å². The van der Waals surface area contributed by atoms with Crippen molar-refractivity contribution in [2.45, 2.75) is 270 Å². The molecular formula is C45H91NO3. The second kappa shape index (κ2) is 41.8. The lowest BCUT2D eigenvalue weighted by Crippen LogP contribution is -2.40. The van der Waals surface area contributed by atoms with Crippen LogP contribution in [0.2, 0.25) is 0 Å². The average molecular weight is 694 g/mol. The minimum Gasteiger partial charge on any atom is -0.393 e. The molecule has 49 heavy (non-hydrogen) atoms. The van der Waals surface area contributed by atoms with Gasteiger partial charge in [-0.2, -0.15) is 0 Å². The van der Waals surface area contributed by atoms with Gasteiger partial charge in [-0.05, 0) is 19.3 Å². The van der Waals surface area contributed by atoms with Crippen molar-refractivity contribution >= 4 is 5.91 Å². The van der Waals surface area contributed by atoms with Crippen molar-refractivity contribution in [3.63, 3.8) is 0 Å². The Hall–Kier alpha value is -0.610. The zero-order valence-electron chi connectivity index (χ0n) is 34.0. The molecular weight excluding hydrogens is 602 g/mol. The first-order valence-electron chi connectivity index (χ1n) is 22.6. The number of hydrogen-bond acceptors (Lipinski definition) is 3. The van der Waals surface area contributed by atoms with Crippen LogP contribution in [0.15, 0.2) is 0 Å². The SMILES string of the molecule is CCCCCCCCCCCCCCCCCCCCCCCCCC(=O)NC(COC)CC(O)CCCCCCCCCCCCCC. The fraction of sp³-hybridized carbons (Fsp3) is 0.978. The molecule has 0 aliphatic carbocycles. The van der Waals surface area contributed by atoms with Gasteiger partial charge in [-0.3, -0.25) is 4.79 Å². The monoisotopic (exact) mass is 694 g/mol. The number of aliphatic hydroxyl groups is 1. The summed E-state index contributed by atoms with van der Waals surface area (Å²) >= 11 is 0. The molecule has 0 bridgehead atoms. The quantitative estimate of drug-likeness (QED) is 0.0626. The van der Waals surface area contributed by atoms with E-state index in [2.05, 4.69) is 19.2 Å². The van der Waals surface area contributed by atoms with Gasteiger partial charge in [0.05, 0.1) is 18.8 Å². The van der Waals surface area contributed by atoms with Crippen LogP contribution >= 0.6 is 0 Å². The first-order chi connectivity index (χ1) is 24.1. The Morgan fingerprint density at radius 3 is 1.06 bits per heavy atom. The third kappa shape index (κ3) is 40.0. The third-order valence-corrected chi connectivity index (χ3v) is 10.7. The van der Waals surface area contributed by atoms with Crippen LogP contribution in [-0.4, -0.2) is 36.9 Å². The van der Waals surface area contributed by atoms with Gasteiger partial charge < -0.3 is 15.2 Å². The number of methoxy groups -OCH3 is 1. The van der Waals surface area contributed by atoms with Crippen LogP contribution in [0.4, 0.5) is 0 Å². The van der Waals surface area contributed by atoms with Gasteiger partial charge >= 0.3 is 0 Å². The number of unbranched alkanes of at least 4 members (excludes halogenated alkanes) is 33. The molecule has 0 fully saturated rings. The van der Waals surface area contributed by atoms with Crippen molar-refractivity contribution in [3.05, 3.63) is 0 Å². The molecule has 2 unspecified atom stereocenters. The number of hydrogen-bond donors (Lipinski definition) is 2. The Morgan fingerprint density at radius 2 is 0.755 bits per heavy atom. The van der Waals surface area contributed by atoms with E-state index in [4.69, 9.17) is 4.74 Å². The van der Waals surface area contributed by atoms with Gasteiger partial charge in [0.25, 0.3) is 0 Å². The second-order valence-corrected chi connectivity index (χ2v) is 15.8. The minimum atomic E-state index is -0.359. The maximum absolute atomic E-state index is 12.6. The highest BCUT2D eigenvalue weighted by Crippen LogP contribution is 2.17. The maximum atomic E-state index is 12.6. The normalized spacial score (nSPS) is 12.8. The summed E-state index contributed by atoms with van der Waals surface area (Å²) in [4.78, 5) is 12.6. The molecule has 0 heterocycles. The topological polar surface area (TPSA) is 58.6 Å². The van der Waals surface area contributed by atoms with Gasteiger partial charge in [0.1, 0.15) is 0 Å². The van der Waals surface area contributed by atoms with Crippen LogP contribution in [-0.2, 0) is 9.53 Å². The Morgan fingerprint density at radius 1 is 0.469 bits per heavy atom. The van der Waals surface area contributed by atoms with E-state index in [1.54, 1.807) is 7.11 Å². The number of carbonyl (C=O) groups is 1. The number of rotatable bonds is 42. The van der Waals surface area contributed by atoms with Crippen LogP contribution in [0, 0.1) is 0 Å². The number of aliphatic hydroxyl groups excluding tert-OH is 1. The summed E-state index contributed by atoms with van der Waals surface area (Å²) in [6.07, 6.45) is 49.5. The molecule has 0 radical (unpaired) electrons. The number of carbonyl (C=O) groups excluding carboxylic acids is 1. The van der Waals surface area contributed by atoms with Gasteiger partial charge in [0, 0.05) is 13.5 Å². The fourth-order valence-electron chi connectivity index (χ4n) is 7.41. The molecule has 0 aromatic heterocycles. The fourth-order valence-corrected chi connectivity index (χ4v) is 7.41. The first-order valence-corrected chi connectivity index (χ1v) is 22.6. The Labute approximate surface area is 308 Å². The zero-order valence-corrected chi connectivity index (χ0v) is 34.0. The molecule has 0 aliphatic rings. The van der Waals surface area contributed by atoms with E-state index in [1.165, 1.54) is 205 Å². The van der Waals surface area contributed by atoms with Crippen molar-refractivity contribution in [2.75, 3.05) is 13.7 Å². The van der Waals surface area contributed by atoms with Crippen molar-refractivity contribution in [3.8, 4) is 0 Å². The highest BCUT2D eigenvalue weighted by atomic mass is 16.5. The van der Waals surface area contributed by atoms with Crippen LogP contribution < -0.4 is 5.32 Å². The van der Waals surface area contributed by atoms with Gasteiger partial charge in [-0.15, -0.1) is 0 Å². The predicted octanol–water partition coefficient (Wildman–Crippen LogP) is 14.3. The van der Waals surface area contributed by atoms with Crippen molar-refractivity contribution in [1.29, 1.82) is 0 Å². The average Bonchev–Trinajstić information content (AvgIpc) is 3.09. The van der Waals surface area contributed by atoms with E-state index in [0.717, 1.165) is 25.7 Å². The van der Waals surface area contributed by atoms with Crippen molar-refractivity contribution in [2.24, 2.45) is 0 Å². The molecule has 0 rings (SSSR count). The molecule has 0 aromatic carbocycles. The van der Waals surface area contributed by atoms with Gasteiger partial charge in [0.15, 0.2) is 0 Å². The standard InChI is InChI=1S/C45H91NO3/c1-4-6-8-10-12-14-16-18-19-20-21-22-23-24-25-26-27-28-30-32-34-36-38-40-45(48)46-43(42-49-3)41-44(47)39-37-35-33-31-29-17-15-13-11-9-7-5-2/h43-44,47H,4-42H2,1-3H3,(H,46,48). The van der Waals surface area contributed by atoms with Crippen molar-refractivity contribution in [1.82, 2.24) is 5.32 Å². The second-order valence-electron chi connectivity index (χ2n) is 15.8. The summed E-state index contributed by atoms with van der Waals surface area (Å²) < 4.78 is 5.35. The predicted molar refractivity (Wildman–Crippen MR) is 217 cm³/mol. The highest BCUT2D eigenvalue weighted by Gasteiger charge is 2.17. The molecule has 0 spiro atoms. The largest absolute Gasteiger partial charge is 0.393 e. The van der Waals surface area contributed by atoms with E-state index in [9.17, 15) is 9.90 Å². The van der Waals surface area contributed by atoms with E-state index in [1.807, 2.05) is 0 Å². The summed E-state index contributed by atoms with van der Waals surface area (Å²) in [6, 6.07) is -0.0886. The van der Waals surface area contributed by atoms with E-state index >= 15 is 0 Å². The molecule has 294 valence electrons.